The lowest BCUT2D eigenvalue weighted by Crippen LogP contribution is -2.53. The molecule has 2 aliphatic rings. The molecule has 9 nitrogen and oxygen atoms in total. The summed E-state index contributed by atoms with van der Waals surface area (Å²) < 4.78 is 27.6. The Morgan fingerprint density at radius 3 is 2.94 bits per heavy atom. The van der Waals surface area contributed by atoms with E-state index in [2.05, 4.69) is 10.4 Å². The van der Waals surface area contributed by atoms with Crippen LogP contribution in [0.15, 0.2) is 42.6 Å². The number of halogens is 2. The smallest absolute Gasteiger partial charge is 0.412 e. The fraction of sp³-hybridized carbons (Fsp3) is 0.292. The van der Waals surface area contributed by atoms with Gasteiger partial charge in [-0.1, -0.05) is 29.8 Å². The van der Waals surface area contributed by atoms with E-state index in [0.29, 0.717) is 31.7 Å². The maximum atomic E-state index is 15.1. The Morgan fingerprint density at radius 2 is 2.14 bits per heavy atom. The van der Waals surface area contributed by atoms with Crippen LogP contribution >= 0.6 is 11.6 Å². The van der Waals surface area contributed by atoms with Crippen molar-refractivity contribution >= 4 is 35.1 Å². The first-order valence-electron chi connectivity index (χ1n) is 11.0. The molecule has 3 heterocycles. The van der Waals surface area contributed by atoms with Gasteiger partial charge >= 0.3 is 6.09 Å². The maximum absolute atomic E-state index is 15.1. The fourth-order valence-electron chi connectivity index (χ4n) is 4.80. The molecule has 1 fully saturated rings. The minimum absolute atomic E-state index is 0.0410. The molecular weight excluding hydrogens is 477 g/mol. The van der Waals surface area contributed by atoms with Gasteiger partial charge in [-0.05, 0) is 31.0 Å². The number of nitrogens with two attached hydrogens (primary N) is 1. The second-order valence-corrected chi connectivity index (χ2v) is 8.94. The van der Waals surface area contributed by atoms with Crippen molar-refractivity contribution < 1.29 is 23.5 Å². The van der Waals surface area contributed by atoms with Crippen molar-refractivity contribution in [3.63, 3.8) is 0 Å². The molecule has 182 valence electrons. The number of nitrogens with zero attached hydrogens (tertiary/aromatic N) is 3. The van der Waals surface area contributed by atoms with Crippen molar-refractivity contribution in [3.8, 4) is 5.75 Å². The van der Waals surface area contributed by atoms with Crippen LogP contribution in [0.4, 0.5) is 20.7 Å². The van der Waals surface area contributed by atoms with Crippen molar-refractivity contribution in [1.29, 1.82) is 0 Å². The van der Waals surface area contributed by atoms with Crippen LogP contribution in [0.5, 0.6) is 5.75 Å². The van der Waals surface area contributed by atoms with Gasteiger partial charge in [-0.2, -0.15) is 5.10 Å². The zero-order chi connectivity index (χ0) is 24.7. The van der Waals surface area contributed by atoms with Crippen LogP contribution in [0, 0.1) is 5.82 Å². The molecule has 1 atom stereocenters. The summed E-state index contributed by atoms with van der Waals surface area (Å²) in [5.74, 6) is -0.188. The summed E-state index contributed by atoms with van der Waals surface area (Å²) in [6.07, 6.45) is 1.53. The number of para-hydroxylation sites is 1. The number of nitrogens with one attached hydrogen (secondary N) is 1. The Bertz CT molecular complexity index is 1330. The molecule has 1 saturated heterocycles. The molecule has 1 aromatic heterocycles. The van der Waals surface area contributed by atoms with Crippen LogP contribution in [0.1, 0.15) is 34.3 Å². The van der Waals surface area contributed by atoms with Crippen molar-refractivity contribution in [1.82, 2.24) is 14.7 Å². The molecule has 0 bridgehead atoms. The number of rotatable bonds is 4. The molecule has 2 aromatic carbocycles. The lowest BCUT2D eigenvalue weighted by molar-refractivity contribution is -0.0418. The molecule has 0 unspecified atom stereocenters. The first-order chi connectivity index (χ1) is 16.8. The largest absolute Gasteiger partial charge is 0.496 e. The van der Waals surface area contributed by atoms with Crippen molar-refractivity contribution in [2.45, 2.75) is 25.0 Å². The number of piperidine rings is 1. The van der Waals surface area contributed by atoms with Crippen LogP contribution in [0.3, 0.4) is 0 Å². The van der Waals surface area contributed by atoms with Crippen LogP contribution in [-0.4, -0.2) is 46.9 Å². The van der Waals surface area contributed by atoms with Gasteiger partial charge in [0.05, 0.1) is 42.7 Å². The van der Waals surface area contributed by atoms with Gasteiger partial charge in [-0.25, -0.2) is 13.9 Å². The number of benzene rings is 2. The summed E-state index contributed by atoms with van der Waals surface area (Å²) in [5, 5.41) is 6.72. The lowest BCUT2D eigenvalue weighted by atomic mass is 9.83. The molecular formula is C24H23ClFN5O4. The van der Waals surface area contributed by atoms with Crippen LogP contribution < -0.4 is 15.8 Å². The Hall–Kier alpha value is -3.79. The third-order valence-corrected chi connectivity index (χ3v) is 6.73. The van der Waals surface area contributed by atoms with Gasteiger partial charge < -0.3 is 20.1 Å². The summed E-state index contributed by atoms with van der Waals surface area (Å²) in [5.41, 5.74) is 6.43. The summed E-state index contributed by atoms with van der Waals surface area (Å²) in [6.45, 7) is 0.661. The molecule has 0 radical (unpaired) electrons. The molecule has 1 spiro atoms. The van der Waals surface area contributed by atoms with Gasteiger partial charge in [-0.15, -0.1) is 0 Å². The fourth-order valence-corrected chi connectivity index (χ4v) is 4.96. The van der Waals surface area contributed by atoms with Gasteiger partial charge in [0.15, 0.2) is 11.4 Å². The SMILES string of the molecule is COc1ccccc1Cn1ncc(C(=O)N2CCC[C@@]3(C2)OC(=O)Nc2ccc(Cl)c(F)c23)c1N. The number of amides is 2. The second kappa shape index (κ2) is 8.77. The number of nitrogen functional groups attached to an aromatic ring is 1. The van der Waals surface area contributed by atoms with Crippen molar-refractivity contribution in [3.05, 3.63) is 70.1 Å². The third-order valence-electron chi connectivity index (χ3n) is 6.44. The molecule has 2 amide bonds. The monoisotopic (exact) mass is 499 g/mol. The van der Waals surface area contributed by atoms with Crippen LogP contribution in [0.25, 0.3) is 0 Å². The number of hydrogen-bond acceptors (Lipinski definition) is 6. The summed E-state index contributed by atoms with van der Waals surface area (Å²) in [7, 11) is 1.58. The number of aromatic nitrogens is 2. The molecule has 0 saturated carbocycles. The summed E-state index contributed by atoms with van der Waals surface area (Å²) in [4.78, 5) is 27.3. The van der Waals surface area contributed by atoms with E-state index in [1.54, 1.807) is 7.11 Å². The second-order valence-electron chi connectivity index (χ2n) is 8.54. The number of carbonyl (C=O) groups excluding carboxylic acids is 2. The highest BCUT2D eigenvalue weighted by atomic mass is 35.5. The first kappa shape index (κ1) is 23.0. The van der Waals surface area contributed by atoms with Crippen molar-refractivity contribution in [2.24, 2.45) is 0 Å². The Kier molecular flexibility index (Phi) is 5.76. The minimum atomic E-state index is -1.36. The zero-order valence-corrected chi connectivity index (χ0v) is 19.6. The van der Waals surface area contributed by atoms with E-state index in [0.717, 1.165) is 5.56 Å². The number of ether oxygens (including phenoxy) is 2. The average Bonchev–Trinajstić information content (AvgIpc) is 3.21. The zero-order valence-electron chi connectivity index (χ0n) is 18.9. The van der Waals surface area contributed by atoms with E-state index < -0.39 is 17.5 Å². The molecule has 11 heteroatoms. The quantitative estimate of drug-likeness (QED) is 0.561. The maximum Gasteiger partial charge on any atom is 0.412 e. The standard InChI is InChI=1S/C24H23ClFN5O4/c1-34-18-6-3-2-5-14(18)12-31-21(27)15(11-28-31)22(32)30-10-4-9-24(13-30)19-17(29-23(33)35-24)8-7-16(25)20(19)26/h2-3,5-8,11H,4,9-10,12-13,27H2,1H3,(H,29,33)/t24-/m0/s1. The number of hydrogen-bond donors (Lipinski definition) is 2. The number of methoxy groups -OCH3 is 1. The van der Waals surface area contributed by atoms with Crippen molar-refractivity contribution in [2.75, 3.05) is 31.2 Å². The predicted molar refractivity (Wildman–Crippen MR) is 127 cm³/mol. The topological polar surface area (TPSA) is 112 Å². The predicted octanol–water partition coefficient (Wildman–Crippen LogP) is 4.01. The minimum Gasteiger partial charge on any atom is -0.496 e. The van der Waals surface area contributed by atoms with Gasteiger partial charge in [0.2, 0.25) is 0 Å². The highest BCUT2D eigenvalue weighted by Crippen LogP contribution is 2.45. The van der Waals surface area contributed by atoms with E-state index >= 15 is 4.39 Å². The Balaban J connectivity index is 1.44. The number of anilines is 2. The lowest BCUT2D eigenvalue weighted by Gasteiger charge is -2.45. The molecule has 0 aliphatic carbocycles. The van der Waals surface area contributed by atoms with Gasteiger partial charge in [0.25, 0.3) is 5.91 Å². The average molecular weight is 500 g/mol. The number of likely N-dealkylation sites (tertiary alicyclic amines) is 1. The van der Waals surface area contributed by atoms with E-state index in [4.69, 9.17) is 26.8 Å². The molecule has 35 heavy (non-hydrogen) atoms. The molecule has 3 N–H and O–H groups in total. The van der Waals surface area contributed by atoms with E-state index in [-0.39, 0.29) is 40.1 Å². The van der Waals surface area contributed by atoms with Crippen LogP contribution in [-0.2, 0) is 16.9 Å². The van der Waals surface area contributed by atoms with E-state index in [1.165, 1.54) is 27.9 Å². The first-order valence-corrected chi connectivity index (χ1v) is 11.4. The highest BCUT2D eigenvalue weighted by molar-refractivity contribution is 6.31. The highest BCUT2D eigenvalue weighted by Gasteiger charge is 2.48. The van der Waals surface area contributed by atoms with E-state index in [9.17, 15) is 9.59 Å². The van der Waals surface area contributed by atoms with Crippen LogP contribution in [0.2, 0.25) is 5.02 Å². The van der Waals surface area contributed by atoms with Gasteiger partial charge in [0.1, 0.15) is 17.1 Å². The van der Waals surface area contributed by atoms with Gasteiger partial charge in [-0.3, -0.25) is 10.1 Å². The normalized spacial score (nSPS) is 19.2. The molecule has 2 aliphatic heterocycles. The Labute approximate surface area is 205 Å². The summed E-state index contributed by atoms with van der Waals surface area (Å²) in [6, 6.07) is 10.4. The third kappa shape index (κ3) is 3.93. The number of fused-ring (bicyclic) bond motifs is 2. The van der Waals surface area contributed by atoms with Gasteiger partial charge in [0, 0.05) is 12.1 Å². The van der Waals surface area contributed by atoms with E-state index in [1.807, 2.05) is 24.3 Å². The molecule has 5 rings (SSSR count). The number of carbonyl (C=O) groups is 2. The summed E-state index contributed by atoms with van der Waals surface area (Å²) >= 11 is 6.03. The molecule has 3 aromatic rings. The Morgan fingerprint density at radius 1 is 1.34 bits per heavy atom.